The first-order valence-corrected chi connectivity index (χ1v) is 9.20. The van der Waals surface area contributed by atoms with E-state index < -0.39 is 35.0 Å². The highest BCUT2D eigenvalue weighted by Gasteiger charge is 2.37. The number of nitrogens with zero attached hydrogens (tertiary/aromatic N) is 2. The highest BCUT2D eigenvalue weighted by atomic mass is 19.4. The minimum absolute atomic E-state index is 0.0130. The molecule has 0 fully saturated rings. The zero-order valence-corrected chi connectivity index (χ0v) is 16.0. The van der Waals surface area contributed by atoms with Crippen LogP contribution in [0.3, 0.4) is 0 Å². The fraction of sp³-hybridized carbons (Fsp3) is 0.238. The molecule has 0 bridgehead atoms. The van der Waals surface area contributed by atoms with Gasteiger partial charge in [-0.3, -0.25) is 4.79 Å². The summed E-state index contributed by atoms with van der Waals surface area (Å²) in [6, 6.07) is 10.2. The number of hydrogen-bond acceptors (Lipinski definition) is 2. The van der Waals surface area contributed by atoms with Crippen molar-refractivity contribution < 1.29 is 31.1 Å². The highest BCUT2D eigenvalue weighted by molar-refractivity contribution is 5.94. The lowest BCUT2D eigenvalue weighted by molar-refractivity contribution is -0.143. The van der Waals surface area contributed by atoms with Gasteiger partial charge in [-0.15, -0.1) is 0 Å². The molecule has 1 heterocycles. The molecule has 0 saturated heterocycles. The van der Waals surface area contributed by atoms with Crippen LogP contribution in [0.25, 0.3) is 11.4 Å². The molecule has 0 unspecified atom stereocenters. The first-order chi connectivity index (χ1) is 14.6. The van der Waals surface area contributed by atoms with E-state index in [1.807, 2.05) is 34.9 Å². The molecule has 0 saturated carbocycles. The molecule has 1 amide bonds. The number of imidazole rings is 1. The maximum absolute atomic E-state index is 12.9. The molecule has 0 aliphatic carbocycles. The number of halogens is 6. The van der Waals surface area contributed by atoms with Crippen molar-refractivity contribution in [3.05, 3.63) is 77.6 Å². The predicted octanol–water partition coefficient (Wildman–Crippen LogP) is 5.41. The number of amides is 1. The number of carbonyl (C=O) groups excluding carboxylic acids is 1. The van der Waals surface area contributed by atoms with E-state index in [-0.39, 0.29) is 12.6 Å². The Morgan fingerprint density at radius 2 is 1.55 bits per heavy atom. The number of aromatic nitrogens is 2. The Kier molecular flexibility index (Phi) is 6.37. The van der Waals surface area contributed by atoms with Gasteiger partial charge in [0.15, 0.2) is 0 Å². The average molecular weight is 441 g/mol. The highest BCUT2D eigenvalue weighted by Crippen LogP contribution is 2.36. The summed E-state index contributed by atoms with van der Waals surface area (Å²) in [5.74, 6) is -0.301. The summed E-state index contributed by atoms with van der Waals surface area (Å²) in [5.41, 5.74) is -2.87. The van der Waals surface area contributed by atoms with Crippen molar-refractivity contribution in [2.75, 3.05) is 6.54 Å². The van der Waals surface area contributed by atoms with Crippen molar-refractivity contribution in [3.63, 3.8) is 0 Å². The molecule has 0 aliphatic rings. The molecule has 1 aromatic heterocycles. The Balaban J connectivity index is 1.65. The van der Waals surface area contributed by atoms with Gasteiger partial charge in [-0.25, -0.2) is 4.98 Å². The lowest BCUT2D eigenvalue weighted by Gasteiger charge is -2.14. The van der Waals surface area contributed by atoms with Crippen LogP contribution < -0.4 is 5.32 Å². The standard InChI is InChI=1S/C21H17F6N3O/c22-20(23,24)16-11-15(12-17(13-16)21(25,26)27)19(31)29-7-4-9-30-10-8-28-18(30)14-5-2-1-3-6-14/h1-3,5-6,8,10-13H,4,7,9H2,(H,29,31). The predicted molar refractivity (Wildman–Crippen MR) is 101 cm³/mol. The summed E-state index contributed by atoms with van der Waals surface area (Å²) in [7, 11) is 0. The SMILES string of the molecule is O=C(NCCCn1ccnc1-c1ccccc1)c1cc(C(F)(F)F)cc(C(F)(F)F)c1. The Morgan fingerprint density at radius 1 is 0.935 bits per heavy atom. The zero-order chi connectivity index (χ0) is 22.6. The van der Waals surface area contributed by atoms with Crippen LogP contribution in [-0.2, 0) is 18.9 Å². The van der Waals surface area contributed by atoms with Crippen LogP contribution in [0, 0.1) is 0 Å². The first kappa shape index (κ1) is 22.4. The van der Waals surface area contributed by atoms with Crippen molar-refractivity contribution in [1.82, 2.24) is 14.9 Å². The fourth-order valence-corrected chi connectivity index (χ4v) is 2.98. The van der Waals surface area contributed by atoms with Crippen LogP contribution in [0.5, 0.6) is 0 Å². The van der Waals surface area contributed by atoms with Crippen molar-refractivity contribution in [3.8, 4) is 11.4 Å². The summed E-state index contributed by atoms with van der Waals surface area (Å²) in [6.07, 6.45) is -6.26. The summed E-state index contributed by atoms with van der Waals surface area (Å²) in [6.45, 7) is 0.504. The molecule has 1 N–H and O–H groups in total. The molecule has 0 aliphatic heterocycles. The monoisotopic (exact) mass is 441 g/mol. The number of alkyl halides is 6. The summed E-state index contributed by atoms with van der Waals surface area (Å²) >= 11 is 0. The van der Waals surface area contributed by atoms with E-state index in [0.717, 1.165) is 5.56 Å². The first-order valence-electron chi connectivity index (χ1n) is 9.20. The second kappa shape index (κ2) is 8.83. The van der Waals surface area contributed by atoms with E-state index in [1.165, 1.54) is 0 Å². The van der Waals surface area contributed by atoms with E-state index in [2.05, 4.69) is 10.3 Å². The minimum atomic E-state index is -5.01. The van der Waals surface area contributed by atoms with Crippen LogP contribution in [0.1, 0.15) is 27.9 Å². The van der Waals surface area contributed by atoms with Gasteiger partial charge in [0.1, 0.15) is 5.82 Å². The second-order valence-electron chi connectivity index (χ2n) is 6.71. The molecule has 0 radical (unpaired) electrons. The molecule has 3 aromatic rings. The Hall–Kier alpha value is -3.30. The van der Waals surface area contributed by atoms with Crippen LogP contribution in [-0.4, -0.2) is 22.0 Å². The van der Waals surface area contributed by atoms with Crippen LogP contribution in [0.15, 0.2) is 60.9 Å². The van der Waals surface area contributed by atoms with Gasteiger partial charge >= 0.3 is 12.4 Å². The number of benzene rings is 2. The van der Waals surface area contributed by atoms with Gasteiger partial charge < -0.3 is 9.88 Å². The van der Waals surface area contributed by atoms with E-state index in [9.17, 15) is 31.1 Å². The minimum Gasteiger partial charge on any atom is -0.352 e. The van der Waals surface area contributed by atoms with E-state index in [4.69, 9.17) is 0 Å². The molecule has 10 heteroatoms. The van der Waals surface area contributed by atoms with Gasteiger partial charge in [0.05, 0.1) is 11.1 Å². The lowest BCUT2D eigenvalue weighted by Crippen LogP contribution is -2.26. The summed E-state index contributed by atoms with van der Waals surface area (Å²) in [5, 5.41) is 2.37. The van der Waals surface area contributed by atoms with Crippen LogP contribution in [0.4, 0.5) is 26.3 Å². The molecule has 4 nitrogen and oxygen atoms in total. The van der Waals surface area contributed by atoms with Gasteiger partial charge in [0.2, 0.25) is 0 Å². The average Bonchev–Trinajstić information content (AvgIpc) is 3.18. The third-order valence-electron chi connectivity index (χ3n) is 4.46. The normalized spacial score (nSPS) is 12.1. The van der Waals surface area contributed by atoms with Gasteiger partial charge in [0, 0.05) is 36.6 Å². The maximum Gasteiger partial charge on any atom is 0.416 e. The zero-order valence-electron chi connectivity index (χ0n) is 16.0. The van der Waals surface area contributed by atoms with E-state index in [1.54, 1.807) is 12.4 Å². The number of carbonyl (C=O) groups is 1. The smallest absolute Gasteiger partial charge is 0.352 e. The molecule has 0 atom stereocenters. The van der Waals surface area contributed by atoms with Crippen molar-refractivity contribution in [2.45, 2.75) is 25.3 Å². The van der Waals surface area contributed by atoms with Crippen LogP contribution >= 0.6 is 0 Å². The molecule has 0 spiro atoms. The number of rotatable bonds is 6. The number of hydrogen-bond donors (Lipinski definition) is 1. The van der Waals surface area contributed by atoms with Crippen molar-refractivity contribution in [1.29, 1.82) is 0 Å². The Labute approximate surface area is 173 Å². The number of aryl methyl sites for hydroxylation is 1. The third-order valence-corrected chi connectivity index (χ3v) is 4.46. The molecule has 164 valence electrons. The molecule has 2 aromatic carbocycles. The van der Waals surface area contributed by atoms with Crippen LogP contribution in [0.2, 0.25) is 0 Å². The topological polar surface area (TPSA) is 46.9 Å². The number of nitrogens with one attached hydrogen (secondary N) is 1. The van der Waals surface area contributed by atoms with E-state index in [0.29, 0.717) is 30.9 Å². The molecule has 3 rings (SSSR count). The largest absolute Gasteiger partial charge is 0.416 e. The van der Waals surface area contributed by atoms with Gasteiger partial charge in [0.25, 0.3) is 5.91 Å². The molecule has 31 heavy (non-hydrogen) atoms. The Morgan fingerprint density at radius 3 is 2.13 bits per heavy atom. The van der Waals surface area contributed by atoms with Gasteiger partial charge in [-0.2, -0.15) is 26.3 Å². The van der Waals surface area contributed by atoms with E-state index >= 15 is 0 Å². The van der Waals surface area contributed by atoms with Crippen molar-refractivity contribution in [2.24, 2.45) is 0 Å². The van der Waals surface area contributed by atoms with Crippen molar-refractivity contribution >= 4 is 5.91 Å². The molecular formula is C21H17F6N3O. The second-order valence-corrected chi connectivity index (χ2v) is 6.71. The quantitative estimate of drug-likeness (QED) is 0.411. The van der Waals surface area contributed by atoms with Gasteiger partial charge in [-0.1, -0.05) is 30.3 Å². The van der Waals surface area contributed by atoms with Gasteiger partial charge in [-0.05, 0) is 24.6 Å². The lowest BCUT2D eigenvalue weighted by atomic mass is 10.0. The molecular weight excluding hydrogens is 424 g/mol. The third kappa shape index (κ3) is 5.65. The fourth-order valence-electron chi connectivity index (χ4n) is 2.98. The maximum atomic E-state index is 12.9. The summed E-state index contributed by atoms with van der Waals surface area (Å²) in [4.78, 5) is 16.5. The summed E-state index contributed by atoms with van der Waals surface area (Å²) < 4.78 is 79.4. The Bertz CT molecular complexity index is 1010.